The minimum Gasteiger partial charge on any atom is -0.497 e. The molecule has 0 aliphatic rings. The number of benzene rings is 3. The Bertz CT molecular complexity index is 1380. The van der Waals surface area contributed by atoms with E-state index in [-0.39, 0.29) is 17.2 Å². The van der Waals surface area contributed by atoms with Crippen molar-refractivity contribution in [2.45, 2.75) is 11.7 Å². The molecule has 9 heteroatoms. The van der Waals surface area contributed by atoms with Crippen molar-refractivity contribution in [2.24, 2.45) is 0 Å². The van der Waals surface area contributed by atoms with Crippen LogP contribution in [0.4, 0.5) is 5.69 Å². The second-order valence-corrected chi connectivity index (χ2v) is 8.53. The van der Waals surface area contributed by atoms with Crippen molar-refractivity contribution in [2.75, 3.05) is 32.4 Å². The molecule has 1 heterocycles. The summed E-state index contributed by atoms with van der Waals surface area (Å²) in [6.45, 7) is 0.317. The molecule has 0 fully saturated rings. The van der Waals surface area contributed by atoms with Crippen molar-refractivity contribution in [3.8, 4) is 17.2 Å². The van der Waals surface area contributed by atoms with Crippen LogP contribution in [0.15, 0.2) is 76.7 Å². The highest BCUT2D eigenvalue weighted by atomic mass is 32.2. The normalized spacial score (nSPS) is 10.7. The molecule has 0 aliphatic carbocycles. The van der Waals surface area contributed by atoms with E-state index in [2.05, 4.69) is 10.3 Å². The summed E-state index contributed by atoms with van der Waals surface area (Å²) >= 11 is 1.20. The molecule has 0 aliphatic heterocycles. The summed E-state index contributed by atoms with van der Waals surface area (Å²) in [7, 11) is 4.70. The van der Waals surface area contributed by atoms with Gasteiger partial charge in [-0.3, -0.25) is 14.2 Å². The summed E-state index contributed by atoms with van der Waals surface area (Å²) in [6.07, 6.45) is 0. The van der Waals surface area contributed by atoms with Gasteiger partial charge in [0.05, 0.1) is 44.5 Å². The third-order valence-corrected chi connectivity index (χ3v) is 6.27. The lowest BCUT2D eigenvalue weighted by Gasteiger charge is -2.14. The molecular formula is C26H25N3O5S. The number of carbonyl (C=O) groups excluding carboxylic acids is 1. The molecule has 4 aromatic rings. The Morgan fingerprint density at radius 1 is 0.914 bits per heavy atom. The van der Waals surface area contributed by atoms with Gasteiger partial charge in [0.2, 0.25) is 5.91 Å². The third kappa shape index (κ3) is 5.75. The minimum absolute atomic E-state index is 0.0624. The average Bonchev–Trinajstić information content (AvgIpc) is 2.89. The van der Waals surface area contributed by atoms with Crippen LogP contribution >= 0.6 is 11.8 Å². The van der Waals surface area contributed by atoms with Crippen LogP contribution in [0.2, 0.25) is 0 Å². The summed E-state index contributed by atoms with van der Waals surface area (Å²) in [4.78, 5) is 30.7. The highest BCUT2D eigenvalue weighted by molar-refractivity contribution is 7.99. The number of methoxy groups -OCH3 is 3. The van der Waals surface area contributed by atoms with Gasteiger partial charge in [-0.1, -0.05) is 36.0 Å². The number of aromatic nitrogens is 2. The number of anilines is 1. The predicted molar refractivity (Wildman–Crippen MR) is 137 cm³/mol. The van der Waals surface area contributed by atoms with E-state index in [1.165, 1.54) is 11.8 Å². The molecule has 1 amide bonds. The fourth-order valence-electron chi connectivity index (χ4n) is 3.52. The Balaban J connectivity index is 1.58. The molecule has 8 nitrogen and oxygen atoms in total. The van der Waals surface area contributed by atoms with Crippen molar-refractivity contribution < 1.29 is 19.0 Å². The van der Waals surface area contributed by atoms with Crippen LogP contribution in [0.1, 0.15) is 5.56 Å². The quantitative estimate of drug-likeness (QED) is 0.277. The van der Waals surface area contributed by atoms with Gasteiger partial charge in [0.15, 0.2) is 5.16 Å². The van der Waals surface area contributed by atoms with Crippen molar-refractivity contribution in [1.29, 1.82) is 0 Å². The van der Waals surface area contributed by atoms with E-state index in [1.807, 2.05) is 36.4 Å². The number of para-hydroxylation sites is 1. The summed E-state index contributed by atoms with van der Waals surface area (Å²) < 4.78 is 17.3. The minimum atomic E-state index is -0.247. The molecule has 0 saturated heterocycles. The molecule has 3 aromatic carbocycles. The number of ether oxygens (including phenoxy) is 3. The molecule has 0 spiro atoms. The van der Waals surface area contributed by atoms with Gasteiger partial charge in [-0.2, -0.15) is 0 Å². The zero-order chi connectivity index (χ0) is 24.8. The summed E-state index contributed by atoms with van der Waals surface area (Å²) in [5.41, 5.74) is 1.89. The van der Waals surface area contributed by atoms with E-state index in [1.54, 1.807) is 56.2 Å². The first kappa shape index (κ1) is 24.2. The largest absolute Gasteiger partial charge is 0.497 e. The molecule has 0 bridgehead atoms. The maximum absolute atomic E-state index is 13.3. The maximum atomic E-state index is 13.3. The zero-order valence-corrected chi connectivity index (χ0v) is 20.4. The number of carbonyl (C=O) groups is 1. The van der Waals surface area contributed by atoms with Gasteiger partial charge in [0, 0.05) is 23.9 Å². The summed E-state index contributed by atoms with van der Waals surface area (Å²) in [5, 5.41) is 3.83. The number of nitrogens with one attached hydrogen (secondary N) is 1. The SMILES string of the molecule is COc1ccc(Cn2c(SCC(=O)Nc3cc(OC)cc(OC)c3)nc3ccccc3c2=O)cc1. The van der Waals surface area contributed by atoms with E-state index in [9.17, 15) is 9.59 Å². The van der Waals surface area contributed by atoms with Crippen LogP contribution in [-0.2, 0) is 11.3 Å². The molecular weight excluding hydrogens is 466 g/mol. The number of hydrogen-bond acceptors (Lipinski definition) is 7. The molecule has 1 N–H and O–H groups in total. The van der Waals surface area contributed by atoms with E-state index < -0.39 is 0 Å². The van der Waals surface area contributed by atoms with E-state index >= 15 is 0 Å². The van der Waals surface area contributed by atoms with Gasteiger partial charge < -0.3 is 19.5 Å². The molecule has 35 heavy (non-hydrogen) atoms. The molecule has 0 radical (unpaired) electrons. The van der Waals surface area contributed by atoms with Crippen molar-refractivity contribution >= 4 is 34.3 Å². The van der Waals surface area contributed by atoms with Crippen LogP contribution in [0.3, 0.4) is 0 Å². The first-order valence-corrected chi connectivity index (χ1v) is 11.8. The van der Waals surface area contributed by atoms with Crippen molar-refractivity contribution in [1.82, 2.24) is 9.55 Å². The average molecular weight is 492 g/mol. The molecule has 0 unspecified atom stereocenters. The molecule has 180 valence electrons. The predicted octanol–water partition coefficient (Wildman–Crippen LogP) is 4.20. The van der Waals surface area contributed by atoms with Crippen LogP contribution in [0.5, 0.6) is 17.2 Å². The van der Waals surface area contributed by atoms with E-state index in [0.29, 0.717) is 39.8 Å². The molecule has 4 rings (SSSR count). The highest BCUT2D eigenvalue weighted by Gasteiger charge is 2.14. The van der Waals surface area contributed by atoms with Gasteiger partial charge in [0.25, 0.3) is 5.56 Å². The van der Waals surface area contributed by atoms with Crippen molar-refractivity contribution in [3.63, 3.8) is 0 Å². The second kappa shape index (κ2) is 11.0. The fraction of sp³-hybridized carbons (Fsp3) is 0.192. The molecule has 1 aromatic heterocycles. The van der Waals surface area contributed by atoms with E-state index in [4.69, 9.17) is 14.2 Å². The Labute approximate surface area is 206 Å². The highest BCUT2D eigenvalue weighted by Crippen LogP contribution is 2.26. The Morgan fingerprint density at radius 3 is 2.23 bits per heavy atom. The number of hydrogen-bond donors (Lipinski definition) is 1. The maximum Gasteiger partial charge on any atom is 0.262 e. The van der Waals surface area contributed by atoms with Gasteiger partial charge in [-0.05, 0) is 29.8 Å². The summed E-state index contributed by atoms with van der Waals surface area (Å²) in [5.74, 6) is 1.68. The molecule has 0 saturated carbocycles. The Hall–Kier alpha value is -3.98. The first-order chi connectivity index (χ1) is 17.0. The summed E-state index contributed by atoms with van der Waals surface area (Å²) in [6, 6.07) is 19.8. The lowest BCUT2D eigenvalue weighted by molar-refractivity contribution is -0.113. The smallest absolute Gasteiger partial charge is 0.262 e. The fourth-order valence-corrected chi connectivity index (χ4v) is 4.32. The molecule has 0 atom stereocenters. The van der Waals surface area contributed by atoms with Gasteiger partial charge in [-0.15, -0.1) is 0 Å². The number of amides is 1. The number of rotatable bonds is 9. The van der Waals surface area contributed by atoms with Crippen LogP contribution in [-0.4, -0.2) is 42.5 Å². The first-order valence-electron chi connectivity index (χ1n) is 10.8. The zero-order valence-electron chi connectivity index (χ0n) is 19.6. The van der Waals surface area contributed by atoms with Crippen molar-refractivity contribution in [3.05, 3.63) is 82.6 Å². The van der Waals surface area contributed by atoms with Gasteiger partial charge in [-0.25, -0.2) is 4.98 Å². The number of fused-ring (bicyclic) bond motifs is 1. The van der Waals surface area contributed by atoms with Crippen LogP contribution in [0, 0.1) is 0 Å². The third-order valence-electron chi connectivity index (χ3n) is 5.29. The van der Waals surface area contributed by atoms with Crippen LogP contribution < -0.4 is 25.1 Å². The lowest BCUT2D eigenvalue weighted by Crippen LogP contribution is -2.25. The Kier molecular flexibility index (Phi) is 7.57. The van der Waals surface area contributed by atoms with E-state index in [0.717, 1.165) is 11.3 Å². The number of nitrogens with zero attached hydrogens (tertiary/aromatic N) is 2. The number of thioether (sulfide) groups is 1. The Morgan fingerprint density at radius 2 is 1.57 bits per heavy atom. The van der Waals surface area contributed by atoms with Gasteiger partial charge >= 0.3 is 0 Å². The standard InChI is InChI=1S/C26H25N3O5S/c1-32-19-10-8-17(9-11-19)15-29-25(31)22-6-4-5-7-23(22)28-26(29)35-16-24(30)27-18-12-20(33-2)14-21(13-18)34-3/h4-14H,15-16H2,1-3H3,(H,27,30). The topological polar surface area (TPSA) is 91.7 Å². The van der Waals surface area contributed by atoms with Gasteiger partial charge in [0.1, 0.15) is 17.2 Å². The second-order valence-electron chi connectivity index (χ2n) is 7.59. The monoisotopic (exact) mass is 491 g/mol. The van der Waals surface area contributed by atoms with Crippen LogP contribution in [0.25, 0.3) is 10.9 Å². The lowest BCUT2D eigenvalue weighted by atomic mass is 10.2.